The van der Waals surface area contributed by atoms with Crippen LogP contribution in [0.15, 0.2) is 133 Å². The number of hydrogen-bond donors (Lipinski definition) is 0. The van der Waals surface area contributed by atoms with Gasteiger partial charge in [-0.3, -0.25) is 0 Å². The van der Waals surface area contributed by atoms with Crippen LogP contribution < -0.4 is 14.4 Å². The number of benzene rings is 7. The third-order valence-corrected chi connectivity index (χ3v) is 8.96. The van der Waals surface area contributed by atoms with Crippen LogP contribution in [0.5, 0.6) is 11.5 Å². The highest BCUT2D eigenvalue weighted by atomic mass is 16.7. The minimum atomic E-state index is -0.00835. The van der Waals surface area contributed by atoms with Gasteiger partial charge in [-0.05, 0) is 106 Å². The molecule has 0 amide bonds. The van der Waals surface area contributed by atoms with E-state index in [2.05, 4.69) is 101 Å². The molecule has 4 nitrogen and oxygen atoms in total. The zero-order chi connectivity index (χ0) is 35.4. The molecule has 52 heavy (non-hydrogen) atoms. The smallest absolute Gasteiger partial charge is 0.231 e. The Kier molecular flexibility index (Phi) is 8.50. The van der Waals surface area contributed by atoms with Crippen molar-refractivity contribution in [3.63, 3.8) is 0 Å². The Balaban J connectivity index is 1.35. The van der Waals surface area contributed by atoms with Gasteiger partial charge in [0.25, 0.3) is 0 Å². The number of rotatable bonds is 1. The van der Waals surface area contributed by atoms with E-state index in [9.17, 15) is 5.26 Å². The molecule has 7 aromatic carbocycles. The zero-order valence-electron chi connectivity index (χ0n) is 28.6. The SMILES string of the molecule is CN(C)c1ccc(C#Cc2ccc3c4c(c(C#Cc5ccc(C#N)cc5)cc3c2)OCOc2c(C#Cc3ccccc3)cc3ccccc3c2-4)cc1. The average molecular weight is 667 g/mol. The molecule has 0 radical (unpaired) electrons. The standard InChI is InChI=1S/C48H30N2O2/c1-50(2)42-25-20-35(21-26-42)12-15-36-22-27-44-41(28-36)30-40(24-19-34-13-16-37(31-49)17-14-34)48-46(44)45-43-11-7-6-10-38(43)29-39(47(45)51-32-52-48)23-18-33-8-4-3-5-9-33/h3-11,13-14,16-17,20-22,25-30H,32H2,1-2H3. The van der Waals surface area contributed by atoms with Crippen LogP contribution in [0.2, 0.25) is 0 Å². The molecule has 0 N–H and O–H groups in total. The second kappa shape index (κ2) is 13.9. The van der Waals surface area contributed by atoms with Gasteiger partial charge in [0.05, 0.1) is 22.8 Å². The van der Waals surface area contributed by atoms with Gasteiger partial charge in [-0.15, -0.1) is 0 Å². The lowest BCUT2D eigenvalue weighted by Gasteiger charge is -2.16. The molecule has 1 heterocycles. The Morgan fingerprint density at radius 1 is 0.481 bits per heavy atom. The predicted molar refractivity (Wildman–Crippen MR) is 209 cm³/mol. The van der Waals surface area contributed by atoms with Crippen LogP contribution in [-0.2, 0) is 0 Å². The number of nitriles is 1. The van der Waals surface area contributed by atoms with Crippen molar-refractivity contribution in [2.24, 2.45) is 0 Å². The van der Waals surface area contributed by atoms with E-state index < -0.39 is 0 Å². The molecule has 0 spiro atoms. The second-order valence-corrected chi connectivity index (χ2v) is 12.6. The van der Waals surface area contributed by atoms with Crippen LogP contribution in [0.1, 0.15) is 38.9 Å². The van der Waals surface area contributed by atoms with E-state index in [1.807, 2.05) is 80.8 Å². The number of nitrogens with zero attached hydrogens (tertiary/aromatic N) is 2. The van der Waals surface area contributed by atoms with Crippen molar-refractivity contribution in [3.05, 3.63) is 172 Å². The Bertz CT molecular complexity index is 2740. The van der Waals surface area contributed by atoms with Crippen molar-refractivity contribution in [3.8, 4) is 64.2 Å². The fourth-order valence-electron chi connectivity index (χ4n) is 6.34. The van der Waals surface area contributed by atoms with Crippen molar-refractivity contribution < 1.29 is 9.47 Å². The summed E-state index contributed by atoms with van der Waals surface area (Å²) < 4.78 is 12.9. The number of ether oxygens (including phenoxy) is 2. The summed E-state index contributed by atoms with van der Waals surface area (Å²) in [5, 5.41) is 13.3. The normalized spacial score (nSPS) is 11.0. The quantitative estimate of drug-likeness (QED) is 0.164. The van der Waals surface area contributed by atoms with E-state index in [0.717, 1.165) is 71.7 Å². The van der Waals surface area contributed by atoms with Crippen LogP contribution in [0.25, 0.3) is 32.7 Å². The molecular weight excluding hydrogens is 637 g/mol. The third kappa shape index (κ3) is 6.38. The van der Waals surface area contributed by atoms with Crippen LogP contribution in [0.3, 0.4) is 0 Å². The summed E-state index contributed by atoms with van der Waals surface area (Å²) in [6, 6.07) is 46.3. The van der Waals surface area contributed by atoms with Crippen LogP contribution in [-0.4, -0.2) is 20.9 Å². The minimum Gasteiger partial charge on any atom is -0.456 e. The fraction of sp³-hybridized carbons (Fsp3) is 0.0625. The van der Waals surface area contributed by atoms with Gasteiger partial charge in [-0.25, -0.2) is 0 Å². The van der Waals surface area contributed by atoms with Crippen molar-refractivity contribution in [1.29, 1.82) is 5.26 Å². The third-order valence-electron chi connectivity index (χ3n) is 8.96. The highest BCUT2D eigenvalue weighted by Gasteiger charge is 2.26. The van der Waals surface area contributed by atoms with Crippen molar-refractivity contribution in [2.45, 2.75) is 0 Å². The van der Waals surface area contributed by atoms with Gasteiger partial charge >= 0.3 is 0 Å². The lowest BCUT2D eigenvalue weighted by atomic mass is 9.88. The first kappa shape index (κ1) is 31.9. The summed E-state index contributed by atoms with van der Waals surface area (Å²) >= 11 is 0. The molecule has 244 valence electrons. The Labute approximate surface area is 303 Å². The lowest BCUT2D eigenvalue weighted by molar-refractivity contribution is 0.124. The molecule has 0 saturated heterocycles. The topological polar surface area (TPSA) is 45.5 Å². The molecule has 0 aliphatic carbocycles. The Morgan fingerprint density at radius 2 is 0.981 bits per heavy atom. The fourth-order valence-corrected chi connectivity index (χ4v) is 6.34. The van der Waals surface area contributed by atoms with Crippen LogP contribution in [0.4, 0.5) is 5.69 Å². The van der Waals surface area contributed by atoms with E-state index >= 15 is 0 Å². The summed E-state index contributed by atoms with van der Waals surface area (Å²) in [6.45, 7) is -0.00835. The average Bonchev–Trinajstić information content (AvgIpc) is 3.40. The van der Waals surface area contributed by atoms with E-state index in [-0.39, 0.29) is 6.79 Å². The van der Waals surface area contributed by atoms with Crippen LogP contribution >= 0.6 is 0 Å². The van der Waals surface area contributed by atoms with Gasteiger partial charge < -0.3 is 14.4 Å². The predicted octanol–water partition coefficient (Wildman–Crippen LogP) is 9.53. The first-order valence-electron chi connectivity index (χ1n) is 16.9. The molecule has 1 aliphatic heterocycles. The van der Waals surface area contributed by atoms with E-state index in [1.54, 1.807) is 12.1 Å². The molecule has 0 fully saturated rings. The van der Waals surface area contributed by atoms with Gasteiger partial charge in [0, 0.05) is 53.2 Å². The molecule has 7 aromatic rings. The van der Waals surface area contributed by atoms with Gasteiger partial charge in [-0.2, -0.15) is 5.26 Å². The lowest BCUT2D eigenvalue weighted by Crippen LogP contribution is -2.07. The summed E-state index contributed by atoms with van der Waals surface area (Å²) in [5.74, 6) is 21.4. The van der Waals surface area contributed by atoms with Crippen molar-refractivity contribution in [2.75, 3.05) is 25.8 Å². The monoisotopic (exact) mass is 666 g/mol. The first-order valence-corrected chi connectivity index (χ1v) is 16.9. The highest BCUT2D eigenvalue weighted by Crippen LogP contribution is 2.49. The first-order chi connectivity index (χ1) is 25.5. The number of fused-ring (bicyclic) bond motifs is 7. The maximum absolute atomic E-state index is 9.28. The summed E-state index contributed by atoms with van der Waals surface area (Å²) in [7, 11) is 4.05. The molecule has 0 saturated carbocycles. The molecule has 4 heteroatoms. The molecule has 0 bridgehead atoms. The van der Waals surface area contributed by atoms with Gasteiger partial charge in [0.2, 0.25) is 6.79 Å². The van der Waals surface area contributed by atoms with E-state index in [0.29, 0.717) is 17.1 Å². The number of anilines is 1. The zero-order valence-corrected chi connectivity index (χ0v) is 28.6. The molecular formula is C48H30N2O2. The Morgan fingerprint density at radius 3 is 1.63 bits per heavy atom. The highest BCUT2D eigenvalue weighted by molar-refractivity contribution is 6.12. The van der Waals surface area contributed by atoms with Crippen molar-refractivity contribution >= 4 is 27.2 Å². The molecule has 0 atom stereocenters. The van der Waals surface area contributed by atoms with E-state index in [4.69, 9.17) is 9.47 Å². The van der Waals surface area contributed by atoms with Crippen LogP contribution in [0, 0.1) is 46.9 Å². The molecule has 0 unspecified atom stereocenters. The molecule has 8 rings (SSSR count). The maximum Gasteiger partial charge on any atom is 0.231 e. The van der Waals surface area contributed by atoms with Gasteiger partial charge in [-0.1, -0.05) is 84.1 Å². The van der Waals surface area contributed by atoms with Gasteiger partial charge in [0.15, 0.2) is 0 Å². The maximum atomic E-state index is 9.28. The largest absolute Gasteiger partial charge is 0.456 e. The summed E-state index contributed by atoms with van der Waals surface area (Å²) in [4.78, 5) is 2.07. The molecule has 0 aromatic heterocycles. The summed E-state index contributed by atoms with van der Waals surface area (Å²) in [6.07, 6.45) is 0. The van der Waals surface area contributed by atoms with E-state index in [1.165, 1.54) is 0 Å². The minimum absolute atomic E-state index is 0.00835. The van der Waals surface area contributed by atoms with Gasteiger partial charge in [0.1, 0.15) is 11.5 Å². The second-order valence-electron chi connectivity index (χ2n) is 12.6. The summed E-state index contributed by atoms with van der Waals surface area (Å²) in [5.41, 5.74) is 8.55. The molecule has 1 aliphatic rings. The van der Waals surface area contributed by atoms with Crippen molar-refractivity contribution in [1.82, 2.24) is 0 Å². The Hall–Kier alpha value is -7.37. The number of hydrogen-bond acceptors (Lipinski definition) is 4.